The lowest BCUT2D eigenvalue weighted by Gasteiger charge is -2.20. The van der Waals surface area contributed by atoms with Crippen molar-refractivity contribution < 1.29 is 23.8 Å². The Morgan fingerprint density at radius 3 is 2.13 bits per heavy atom. The van der Waals surface area contributed by atoms with E-state index in [0.717, 1.165) is 41.0 Å². The second kappa shape index (κ2) is 15.6. The van der Waals surface area contributed by atoms with Crippen LogP contribution in [-0.4, -0.2) is 54.6 Å². The molecular weight excluding hydrogens is 578 g/mol. The maximum absolute atomic E-state index is 14.0. The predicted molar refractivity (Wildman–Crippen MR) is 180 cm³/mol. The number of ether oxygens (including phenoxy) is 3. The zero-order chi connectivity index (χ0) is 32.3. The number of benzene rings is 4. The normalized spacial score (nSPS) is 16.1. The van der Waals surface area contributed by atoms with E-state index < -0.39 is 12.0 Å². The second-order valence-electron chi connectivity index (χ2n) is 11.0. The van der Waals surface area contributed by atoms with Crippen molar-refractivity contribution in [2.24, 2.45) is 4.99 Å². The number of hydrogen-bond donors (Lipinski definition) is 0. The highest BCUT2D eigenvalue weighted by molar-refractivity contribution is 6.08. The first kappa shape index (κ1) is 32.0. The minimum absolute atomic E-state index is 0.0692. The molecule has 5 rings (SSSR count). The molecule has 4 aromatic rings. The summed E-state index contributed by atoms with van der Waals surface area (Å²) in [6, 6.07) is 33.5. The number of rotatable bonds is 11. The molecule has 1 aliphatic rings. The lowest BCUT2D eigenvalue weighted by atomic mass is 10.0. The van der Waals surface area contributed by atoms with E-state index >= 15 is 0 Å². The molecule has 1 atom stereocenters. The largest absolute Gasteiger partial charge is 0.497 e. The maximum atomic E-state index is 14.0. The topological polar surface area (TPSA) is 80.7 Å². The Balaban J connectivity index is 1.54. The van der Waals surface area contributed by atoms with Crippen molar-refractivity contribution in [3.63, 3.8) is 0 Å². The van der Waals surface area contributed by atoms with Crippen molar-refractivity contribution in [2.75, 3.05) is 20.8 Å². The van der Waals surface area contributed by atoms with Gasteiger partial charge >= 0.3 is 6.09 Å². The number of methoxy groups -OCH3 is 1. The summed E-state index contributed by atoms with van der Waals surface area (Å²) < 4.78 is 17.1. The molecule has 236 valence electrons. The van der Waals surface area contributed by atoms with Gasteiger partial charge in [0.25, 0.3) is 5.91 Å². The molecule has 2 amide bonds. The van der Waals surface area contributed by atoms with Crippen LogP contribution in [0.2, 0.25) is 0 Å². The average Bonchev–Trinajstić information content (AvgIpc) is 3.34. The van der Waals surface area contributed by atoms with Crippen LogP contribution in [0.4, 0.5) is 4.79 Å². The first-order chi connectivity index (χ1) is 22.5. The van der Waals surface area contributed by atoms with Crippen molar-refractivity contribution >= 4 is 24.0 Å². The van der Waals surface area contributed by atoms with Crippen LogP contribution in [0, 0.1) is 0 Å². The summed E-state index contributed by atoms with van der Waals surface area (Å²) in [5.74, 6) is 1.27. The SMILES string of the molecule is CCCCOc1ccc(CC2/C(=C/c3ccc(OC)cc3)N(C(=O)OCc3ccccc3)/C(=N\C(=O)c3ccccc3)N2C)cc1. The van der Waals surface area contributed by atoms with Gasteiger partial charge in [-0.2, -0.15) is 4.99 Å². The molecule has 0 saturated carbocycles. The molecule has 0 aliphatic carbocycles. The lowest BCUT2D eigenvalue weighted by Crippen LogP contribution is -2.37. The van der Waals surface area contributed by atoms with E-state index in [9.17, 15) is 9.59 Å². The van der Waals surface area contributed by atoms with E-state index in [-0.39, 0.29) is 18.6 Å². The summed E-state index contributed by atoms with van der Waals surface area (Å²) >= 11 is 0. The number of guanidine groups is 1. The first-order valence-electron chi connectivity index (χ1n) is 15.5. The van der Waals surface area contributed by atoms with Crippen LogP contribution in [0.3, 0.4) is 0 Å². The summed E-state index contributed by atoms with van der Waals surface area (Å²) in [6.45, 7) is 2.87. The first-order valence-corrected chi connectivity index (χ1v) is 15.5. The van der Waals surface area contributed by atoms with Crippen molar-refractivity contribution in [1.29, 1.82) is 0 Å². The molecule has 0 spiro atoms. The summed E-state index contributed by atoms with van der Waals surface area (Å²) in [5.41, 5.74) is 3.79. The zero-order valence-corrected chi connectivity index (χ0v) is 26.5. The molecule has 1 aliphatic heterocycles. The Labute approximate surface area is 270 Å². The summed E-state index contributed by atoms with van der Waals surface area (Å²) in [4.78, 5) is 35.2. The highest BCUT2D eigenvalue weighted by Gasteiger charge is 2.43. The van der Waals surface area contributed by atoms with Gasteiger partial charge in [0.1, 0.15) is 18.1 Å². The molecule has 1 unspecified atom stereocenters. The second-order valence-corrected chi connectivity index (χ2v) is 11.0. The van der Waals surface area contributed by atoms with Crippen LogP contribution >= 0.6 is 0 Å². The van der Waals surface area contributed by atoms with E-state index in [4.69, 9.17) is 14.2 Å². The number of nitrogens with zero attached hydrogens (tertiary/aromatic N) is 3. The molecule has 0 bridgehead atoms. The quantitative estimate of drug-likeness (QED) is 0.161. The van der Waals surface area contributed by atoms with Gasteiger partial charge in [-0.1, -0.05) is 86.1 Å². The van der Waals surface area contributed by atoms with Gasteiger partial charge in [-0.15, -0.1) is 0 Å². The predicted octanol–water partition coefficient (Wildman–Crippen LogP) is 7.61. The summed E-state index contributed by atoms with van der Waals surface area (Å²) in [6.07, 6.45) is 3.90. The van der Waals surface area contributed by atoms with E-state index in [2.05, 4.69) is 11.9 Å². The fourth-order valence-electron chi connectivity index (χ4n) is 5.15. The fourth-order valence-corrected chi connectivity index (χ4v) is 5.15. The van der Waals surface area contributed by atoms with E-state index in [0.29, 0.717) is 24.3 Å². The molecule has 0 radical (unpaired) electrons. The highest BCUT2D eigenvalue weighted by atomic mass is 16.6. The third-order valence-electron chi connectivity index (χ3n) is 7.74. The minimum atomic E-state index is -0.628. The smallest absolute Gasteiger partial charge is 0.421 e. The Kier molecular flexibility index (Phi) is 10.8. The third kappa shape index (κ3) is 8.01. The summed E-state index contributed by atoms with van der Waals surface area (Å²) in [7, 11) is 3.46. The van der Waals surface area contributed by atoms with Crippen LogP contribution in [0.1, 0.15) is 46.8 Å². The van der Waals surface area contributed by atoms with Gasteiger partial charge in [-0.05, 0) is 72.0 Å². The minimum Gasteiger partial charge on any atom is -0.497 e. The number of likely N-dealkylation sites (N-methyl/N-ethyl adjacent to an activating group) is 1. The van der Waals surface area contributed by atoms with Gasteiger partial charge in [0.15, 0.2) is 0 Å². The van der Waals surface area contributed by atoms with Gasteiger partial charge in [-0.25, -0.2) is 9.69 Å². The molecule has 0 aromatic heterocycles. The highest BCUT2D eigenvalue weighted by Crippen LogP contribution is 2.32. The number of carbonyl (C=O) groups excluding carboxylic acids is 2. The van der Waals surface area contributed by atoms with Gasteiger partial charge in [0, 0.05) is 12.6 Å². The molecule has 1 heterocycles. The number of aliphatic imine (C=N–C) groups is 1. The lowest BCUT2D eigenvalue weighted by molar-refractivity contribution is 0.0999. The summed E-state index contributed by atoms with van der Waals surface area (Å²) in [5, 5.41) is 0. The van der Waals surface area contributed by atoms with E-state index in [1.807, 2.05) is 103 Å². The Morgan fingerprint density at radius 1 is 0.826 bits per heavy atom. The van der Waals surface area contributed by atoms with E-state index in [1.54, 1.807) is 31.4 Å². The van der Waals surface area contributed by atoms with Gasteiger partial charge < -0.3 is 19.1 Å². The molecule has 4 aromatic carbocycles. The number of hydrogen-bond acceptors (Lipinski definition) is 5. The maximum Gasteiger partial charge on any atom is 0.421 e. The fraction of sp³-hybridized carbons (Fsp3) is 0.237. The van der Waals surface area contributed by atoms with Crippen molar-refractivity contribution in [3.05, 3.63) is 137 Å². The number of unbranched alkanes of at least 4 members (excludes halogenated alkanes) is 1. The van der Waals surface area contributed by atoms with Crippen molar-refractivity contribution in [2.45, 2.75) is 38.8 Å². The molecule has 8 nitrogen and oxygen atoms in total. The van der Waals surface area contributed by atoms with Crippen molar-refractivity contribution in [3.8, 4) is 11.5 Å². The zero-order valence-electron chi connectivity index (χ0n) is 26.5. The Bertz CT molecular complexity index is 1650. The standard InChI is InChI=1S/C38H39N3O5/c1-4-5-24-45-33-22-18-28(19-23-33)25-34-35(26-29-16-20-32(44-3)21-17-29)41(38(43)46-27-30-12-8-6-9-13-30)37(40(34)2)39-36(42)31-14-10-7-11-15-31/h6-23,26,34H,4-5,24-25,27H2,1-3H3/b35-26-,39-37-. The van der Waals surface area contributed by atoms with Crippen LogP contribution < -0.4 is 9.47 Å². The number of amides is 2. The molecule has 1 saturated heterocycles. The molecule has 8 heteroatoms. The van der Waals surface area contributed by atoms with Gasteiger partial charge in [-0.3, -0.25) is 4.79 Å². The monoisotopic (exact) mass is 617 g/mol. The number of carbonyl (C=O) groups is 2. The average molecular weight is 618 g/mol. The van der Waals surface area contributed by atoms with Gasteiger partial charge in [0.05, 0.1) is 25.5 Å². The van der Waals surface area contributed by atoms with Gasteiger partial charge in [0.2, 0.25) is 5.96 Å². The molecular formula is C38H39N3O5. The molecule has 1 fully saturated rings. The van der Waals surface area contributed by atoms with Crippen LogP contribution in [0.5, 0.6) is 11.5 Å². The van der Waals surface area contributed by atoms with Crippen LogP contribution in [0.25, 0.3) is 6.08 Å². The van der Waals surface area contributed by atoms with Crippen LogP contribution in [-0.2, 0) is 17.8 Å². The Morgan fingerprint density at radius 2 is 1.48 bits per heavy atom. The van der Waals surface area contributed by atoms with E-state index in [1.165, 1.54) is 4.90 Å². The Hall–Kier alpha value is -5.37. The van der Waals surface area contributed by atoms with Crippen LogP contribution in [0.15, 0.2) is 120 Å². The van der Waals surface area contributed by atoms with Crippen molar-refractivity contribution in [1.82, 2.24) is 9.80 Å². The molecule has 0 N–H and O–H groups in total. The third-order valence-corrected chi connectivity index (χ3v) is 7.74. The molecule has 46 heavy (non-hydrogen) atoms.